The van der Waals surface area contributed by atoms with Gasteiger partial charge < -0.3 is 14.8 Å². The van der Waals surface area contributed by atoms with Gasteiger partial charge in [-0.3, -0.25) is 14.9 Å². The van der Waals surface area contributed by atoms with E-state index in [9.17, 15) is 23.3 Å². The van der Waals surface area contributed by atoms with E-state index in [1.165, 1.54) is 48.9 Å². The smallest absolute Gasteiger partial charge is 0.271 e. The number of rotatable bonds is 7. The molecule has 31 heavy (non-hydrogen) atoms. The highest BCUT2D eigenvalue weighted by molar-refractivity contribution is 7.89. The molecule has 1 atom stereocenters. The van der Waals surface area contributed by atoms with Gasteiger partial charge in [0, 0.05) is 37.0 Å². The molecule has 1 saturated heterocycles. The van der Waals surface area contributed by atoms with Crippen LogP contribution >= 0.6 is 0 Å². The van der Waals surface area contributed by atoms with Crippen LogP contribution in [0.25, 0.3) is 0 Å². The van der Waals surface area contributed by atoms with Gasteiger partial charge in [0.25, 0.3) is 5.69 Å². The minimum atomic E-state index is -3.94. The zero-order valence-corrected chi connectivity index (χ0v) is 17.9. The molecule has 0 radical (unpaired) electrons. The molecule has 1 N–H and O–H groups in total. The van der Waals surface area contributed by atoms with Gasteiger partial charge in [0.1, 0.15) is 16.4 Å². The Balaban J connectivity index is 1.79. The van der Waals surface area contributed by atoms with Crippen molar-refractivity contribution in [2.75, 3.05) is 32.6 Å². The molecule has 0 bridgehead atoms. The van der Waals surface area contributed by atoms with E-state index < -0.39 is 26.8 Å². The van der Waals surface area contributed by atoms with E-state index in [-0.39, 0.29) is 35.1 Å². The van der Waals surface area contributed by atoms with Gasteiger partial charge in [-0.05, 0) is 31.0 Å². The second kappa shape index (κ2) is 9.31. The van der Waals surface area contributed by atoms with Crippen LogP contribution in [0, 0.1) is 16.0 Å². The maximum atomic E-state index is 13.3. The van der Waals surface area contributed by atoms with Gasteiger partial charge in [0.2, 0.25) is 15.9 Å². The Labute approximate surface area is 180 Å². The Kier molecular flexibility index (Phi) is 6.76. The normalized spacial score (nSPS) is 17.0. The average molecular weight is 449 g/mol. The number of carbonyl (C=O) groups is 1. The Morgan fingerprint density at radius 3 is 2.65 bits per heavy atom. The first-order valence-electron chi connectivity index (χ1n) is 9.53. The number of nitrogens with zero attached hydrogens (tertiary/aromatic N) is 2. The fourth-order valence-corrected chi connectivity index (χ4v) is 5.14. The number of hydrogen-bond acceptors (Lipinski definition) is 7. The second-order valence-corrected chi connectivity index (χ2v) is 8.92. The van der Waals surface area contributed by atoms with E-state index in [2.05, 4.69) is 5.32 Å². The van der Waals surface area contributed by atoms with Crippen molar-refractivity contribution in [1.29, 1.82) is 0 Å². The van der Waals surface area contributed by atoms with Gasteiger partial charge in [-0.2, -0.15) is 4.31 Å². The lowest BCUT2D eigenvalue weighted by atomic mass is 9.98. The lowest BCUT2D eigenvalue weighted by Gasteiger charge is -2.31. The van der Waals surface area contributed by atoms with Gasteiger partial charge >= 0.3 is 0 Å². The third-order valence-electron chi connectivity index (χ3n) is 5.07. The highest BCUT2D eigenvalue weighted by Crippen LogP contribution is 2.33. The number of carbonyl (C=O) groups excluding carboxylic acids is 1. The molecule has 0 saturated carbocycles. The van der Waals surface area contributed by atoms with Crippen molar-refractivity contribution in [3.8, 4) is 11.5 Å². The molecule has 0 aromatic heterocycles. The number of ether oxygens (including phenoxy) is 2. The summed E-state index contributed by atoms with van der Waals surface area (Å²) < 4.78 is 38.1. The molecule has 0 unspecified atom stereocenters. The maximum absolute atomic E-state index is 13.3. The first-order chi connectivity index (χ1) is 14.8. The number of non-ortho nitro benzene ring substituents is 1. The molecule has 0 aliphatic carbocycles. The van der Waals surface area contributed by atoms with Crippen LogP contribution in [0.2, 0.25) is 0 Å². The summed E-state index contributed by atoms with van der Waals surface area (Å²) in [5.74, 6) is -0.433. The molecule has 2 aromatic rings. The van der Waals surface area contributed by atoms with E-state index in [0.29, 0.717) is 18.6 Å². The molecule has 1 fully saturated rings. The minimum absolute atomic E-state index is 0.0105. The molecule has 1 aliphatic rings. The predicted molar refractivity (Wildman–Crippen MR) is 113 cm³/mol. The number of benzene rings is 2. The zero-order chi connectivity index (χ0) is 22.6. The molecule has 166 valence electrons. The van der Waals surface area contributed by atoms with Crippen molar-refractivity contribution in [1.82, 2.24) is 4.31 Å². The number of sulfonamides is 1. The van der Waals surface area contributed by atoms with Gasteiger partial charge in [-0.15, -0.1) is 0 Å². The molecule has 10 nitrogen and oxygen atoms in total. The molecule has 2 aromatic carbocycles. The first kappa shape index (κ1) is 22.5. The summed E-state index contributed by atoms with van der Waals surface area (Å²) in [6.45, 7) is 0.257. The van der Waals surface area contributed by atoms with Crippen LogP contribution in [-0.4, -0.2) is 50.9 Å². The third kappa shape index (κ3) is 4.94. The highest BCUT2D eigenvalue weighted by atomic mass is 32.2. The summed E-state index contributed by atoms with van der Waals surface area (Å²) in [6.07, 6.45) is 1.00. The van der Waals surface area contributed by atoms with Gasteiger partial charge in [-0.25, -0.2) is 8.42 Å². The number of nitro benzene ring substituents is 1. The monoisotopic (exact) mass is 449 g/mol. The fraction of sp³-hybridized carbons (Fsp3) is 0.350. The summed E-state index contributed by atoms with van der Waals surface area (Å²) in [5.41, 5.74) is 0.143. The van der Waals surface area contributed by atoms with Crippen molar-refractivity contribution in [2.24, 2.45) is 5.92 Å². The van der Waals surface area contributed by atoms with Gasteiger partial charge in [0.15, 0.2) is 0 Å². The summed E-state index contributed by atoms with van der Waals surface area (Å²) >= 11 is 0. The van der Waals surface area contributed by atoms with Gasteiger partial charge in [-0.1, -0.05) is 6.07 Å². The number of nitrogens with one attached hydrogen (secondary N) is 1. The van der Waals surface area contributed by atoms with E-state index in [4.69, 9.17) is 9.47 Å². The largest absolute Gasteiger partial charge is 0.497 e. The lowest BCUT2D eigenvalue weighted by molar-refractivity contribution is -0.384. The van der Waals surface area contributed by atoms with Gasteiger partial charge in [0.05, 0.1) is 25.1 Å². The molecule has 1 heterocycles. The number of hydrogen-bond donors (Lipinski definition) is 1. The topological polar surface area (TPSA) is 128 Å². The van der Waals surface area contributed by atoms with Crippen LogP contribution in [0.1, 0.15) is 12.8 Å². The molecule has 3 rings (SSSR count). The van der Waals surface area contributed by atoms with Crippen molar-refractivity contribution in [3.63, 3.8) is 0 Å². The second-order valence-electron chi connectivity index (χ2n) is 7.02. The Morgan fingerprint density at radius 1 is 1.19 bits per heavy atom. The van der Waals surface area contributed by atoms with Crippen LogP contribution in [0.5, 0.6) is 11.5 Å². The molecule has 11 heteroatoms. The minimum Gasteiger partial charge on any atom is -0.497 e. The Morgan fingerprint density at radius 2 is 1.97 bits per heavy atom. The first-order valence-corrected chi connectivity index (χ1v) is 11.0. The van der Waals surface area contributed by atoms with Crippen molar-refractivity contribution < 1.29 is 27.6 Å². The van der Waals surface area contributed by atoms with Crippen molar-refractivity contribution in [3.05, 3.63) is 52.6 Å². The quantitative estimate of drug-likeness (QED) is 0.508. The average Bonchev–Trinajstić information content (AvgIpc) is 2.78. The SMILES string of the molecule is COc1ccc(OC)c(S(=O)(=O)N2CCC[C@H](C(=O)Nc3cccc([N+](=O)[O-])c3)C2)c1. The summed E-state index contributed by atoms with van der Waals surface area (Å²) in [6, 6.07) is 10.1. The van der Waals surface area contributed by atoms with Crippen LogP contribution in [0.4, 0.5) is 11.4 Å². The number of methoxy groups -OCH3 is 2. The van der Waals surface area contributed by atoms with Crippen molar-refractivity contribution in [2.45, 2.75) is 17.7 Å². The fourth-order valence-electron chi connectivity index (χ4n) is 3.44. The van der Waals surface area contributed by atoms with Crippen LogP contribution in [0.15, 0.2) is 47.4 Å². The van der Waals surface area contributed by atoms with E-state index >= 15 is 0 Å². The molecule has 1 amide bonds. The number of piperidine rings is 1. The molecular formula is C20H23N3O7S. The Hall–Kier alpha value is -3.18. The summed E-state index contributed by atoms with van der Waals surface area (Å²) in [5, 5.41) is 13.6. The zero-order valence-electron chi connectivity index (χ0n) is 17.1. The van der Waals surface area contributed by atoms with Crippen LogP contribution in [-0.2, 0) is 14.8 Å². The predicted octanol–water partition coefficient (Wildman–Crippen LogP) is 2.65. The third-order valence-corrected chi connectivity index (χ3v) is 6.95. The van der Waals surface area contributed by atoms with Crippen molar-refractivity contribution >= 4 is 27.3 Å². The van der Waals surface area contributed by atoms with Crippen LogP contribution in [0.3, 0.4) is 0 Å². The van der Waals surface area contributed by atoms with Crippen LogP contribution < -0.4 is 14.8 Å². The molecular weight excluding hydrogens is 426 g/mol. The Bertz CT molecular complexity index is 1090. The number of amides is 1. The van der Waals surface area contributed by atoms with E-state index in [1.54, 1.807) is 12.1 Å². The molecule has 1 aliphatic heterocycles. The lowest BCUT2D eigenvalue weighted by Crippen LogP contribution is -2.43. The number of nitro groups is 1. The standard InChI is InChI=1S/C20H23N3O7S/c1-29-17-8-9-18(30-2)19(12-17)31(27,28)22-10-4-5-14(13-22)20(24)21-15-6-3-7-16(11-15)23(25)26/h3,6-9,11-12,14H,4-5,10,13H2,1-2H3,(H,21,24)/t14-/m0/s1. The number of anilines is 1. The summed E-state index contributed by atoms with van der Waals surface area (Å²) in [7, 11) is -1.12. The highest BCUT2D eigenvalue weighted by Gasteiger charge is 2.35. The van der Waals surface area contributed by atoms with E-state index in [1.807, 2.05) is 0 Å². The summed E-state index contributed by atoms with van der Waals surface area (Å²) in [4.78, 5) is 23.1. The molecule has 0 spiro atoms. The van der Waals surface area contributed by atoms with E-state index in [0.717, 1.165) is 0 Å². The maximum Gasteiger partial charge on any atom is 0.271 e.